The van der Waals surface area contributed by atoms with Gasteiger partial charge in [-0.15, -0.1) is 0 Å². The lowest BCUT2D eigenvalue weighted by Gasteiger charge is -2.16. The summed E-state index contributed by atoms with van der Waals surface area (Å²) in [7, 11) is 3.72. The average Bonchev–Trinajstić information content (AvgIpc) is 2.67. The Morgan fingerprint density at radius 2 is 2.12 bits per heavy atom. The molecule has 0 saturated carbocycles. The molecule has 0 aromatic carbocycles. The van der Waals surface area contributed by atoms with Gasteiger partial charge in [-0.25, -0.2) is 9.37 Å². The van der Waals surface area contributed by atoms with Crippen molar-refractivity contribution in [1.29, 1.82) is 0 Å². The van der Waals surface area contributed by atoms with E-state index in [1.807, 2.05) is 18.7 Å². The Hall–Kier alpha value is -1.75. The fourth-order valence-corrected chi connectivity index (χ4v) is 1.72. The van der Waals surface area contributed by atoms with Crippen LogP contribution in [0.1, 0.15) is 17.3 Å². The minimum Gasteiger partial charge on any atom is -0.336 e. The molecule has 0 aliphatic carbocycles. The number of imidazole rings is 1. The predicted molar refractivity (Wildman–Crippen MR) is 58.3 cm³/mol. The first-order chi connectivity index (χ1) is 7.72. The molecule has 0 spiro atoms. The Morgan fingerprint density at radius 1 is 1.31 bits per heavy atom. The van der Waals surface area contributed by atoms with Gasteiger partial charge >= 0.3 is 0 Å². The number of nitrogens with zero attached hydrogens (tertiary/aromatic N) is 3. The molecule has 1 N–H and O–H groups in total. The molecule has 0 fully saturated rings. The molecule has 4 nitrogen and oxygen atoms in total. The Kier molecular flexibility index (Phi) is 2.96. The third-order valence-corrected chi connectivity index (χ3v) is 2.50. The normalized spacial score (nSPS) is 12.7. The van der Waals surface area contributed by atoms with Crippen LogP contribution in [0.25, 0.3) is 0 Å². The fraction of sp³-hybridized carbons (Fsp3) is 0.273. The molecule has 0 amide bonds. The van der Waals surface area contributed by atoms with Crippen molar-refractivity contribution in [3.8, 4) is 0 Å². The van der Waals surface area contributed by atoms with Crippen molar-refractivity contribution >= 4 is 0 Å². The number of pyridine rings is 1. The average molecular weight is 220 g/mol. The van der Waals surface area contributed by atoms with Gasteiger partial charge in [0.05, 0.1) is 30.5 Å². The zero-order valence-corrected chi connectivity index (χ0v) is 9.18. The second-order valence-electron chi connectivity index (χ2n) is 3.59. The quantitative estimate of drug-likeness (QED) is 0.846. The van der Waals surface area contributed by atoms with Crippen LogP contribution in [0, 0.1) is 5.82 Å². The second kappa shape index (κ2) is 4.40. The van der Waals surface area contributed by atoms with Crippen molar-refractivity contribution in [2.24, 2.45) is 7.05 Å². The first-order valence-corrected chi connectivity index (χ1v) is 4.96. The van der Waals surface area contributed by atoms with Crippen molar-refractivity contribution in [1.82, 2.24) is 19.9 Å². The highest BCUT2D eigenvalue weighted by molar-refractivity contribution is 5.24. The molecule has 5 heteroatoms. The van der Waals surface area contributed by atoms with Gasteiger partial charge < -0.3 is 9.88 Å². The lowest BCUT2D eigenvalue weighted by molar-refractivity contribution is 0.598. The first kappa shape index (κ1) is 10.8. The van der Waals surface area contributed by atoms with Crippen LogP contribution in [-0.4, -0.2) is 21.6 Å². The minimum absolute atomic E-state index is 0.101. The van der Waals surface area contributed by atoms with E-state index >= 15 is 0 Å². The van der Waals surface area contributed by atoms with E-state index in [-0.39, 0.29) is 11.9 Å². The summed E-state index contributed by atoms with van der Waals surface area (Å²) >= 11 is 0. The summed E-state index contributed by atoms with van der Waals surface area (Å²) < 4.78 is 15.0. The molecule has 0 saturated heterocycles. The van der Waals surface area contributed by atoms with Crippen molar-refractivity contribution in [2.45, 2.75) is 6.04 Å². The van der Waals surface area contributed by atoms with Crippen molar-refractivity contribution < 1.29 is 4.39 Å². The largest absolute Gasteiger partial charge is 0.336 e. The van der Waals surface area contributed by atoms with Gasteiger partial charge in [-0.1, -0.05) is 0 Å². The molecule has 2 heterocycles. The first-order valence-electron chi connectivity index (χ1n) is 4.96. The summed E-state index contributed by atoms with van der Waals surface area (Å²) in [6.07, 6.45) is 6.31. The Morgan fingerprint density at radius 3 is 2.69 bits per heavy atom. The second-order valence-corrected chi connectivity index (χ2v) is 3.59. The Balaban J connectivity index is 2.40. The van der Waals surface area contributed by atoms with E-state index in [4.69, 9.17) is 0 Å². The Bertz CT molecular complexity index is 480. The molecular weight excluding hydrogens is 207 g/mol. The molecule has 0 radical (unpaired) electrons. The molecule has 2 aromatic heterocycles. The van der Waals surface area contributed by atoms with Crippen LogP contribution in [0.2, 0.25) is 0 Å². The molecule has 2 rings (SSSR count). The summed E-state index contributed by atoms with van der Waals surface area (Å²) in [5.74, 6) is -0.333. The maximum absolute atomic E-state index is 13.1. The third-order valence-electron chi connectivity index (χ3n) is 2.50. The number of halogens is 1. The van der Waals surface area contributed by atoms with Crippen LogP contribution < -0.4 is 5.32 Å². The minimum atomic E-state index is -0.333. The molecule has 0 bridgehead atoms. The van der Waals surface area contributed by atoms with Crippen LogP contribution in [0.15, 0.2) is 31.0 Å². The van der Waals surface area contributed by atoms with Gasteiger partial charge in [0.15, 0.2) is 0 Å². The zero-order valence-electron chi connectivity index (χ0n) is 9.18. The van der Waals surface area contributed by atoms with Crippen LogP contribution in [0.5, 0.6) is 0 Å². The molecule has 16 heavy (non-hydrogen) atoms. The highest BCUT2D eigenvalue weighted by Gasteiger charge is 2.15. The molecular formula is C11H13FN4. The van der Waals surface area contributed by atoms with Gasteiger partial charge in [0.2, 0.25) is 0 Å². The van der Waals surface area contributed by atoms with Gasteiger partial charge in [-0.2, -0.15) is 0 Å². The molecule has 1 atom stereocenters. The standard InChI is InChI=1S/C11H13FN4/c1-13-11(10-6-15-7-16(10)2)8-3-9(12)5-14-4-8/h3-7,11,13H,1-2H3. The van der Waals surface area contributed by atoms with E-state index in [0.717, 1.165) is 11.3 Å². The van der Waals surface area contributed by atoms with E-state index in [1.54, 1.807) is 18.7 Å². The third kappa shape index (κ3) is 1.94. The molecule has 84 valence electrons. The van der Waals surface area contributed by atoms with Crippen LogP contribution in [0.3, 0.4) is 0 Å². The SMILES string of the molecule is CNC(c1cncc(F)c1)c1cncn1C. The summed E-state index contributed by atoms with van der Waals surface area (Å²) in [5, 5.41) is 3.12. The molecule has 2 aromatic rings. The van der Waals surface area contributed by atoms with E-state index in [1.165, 1.54) is 12.3 Å². The van der Waals surface area contributed by atoms with E-state index in [0.29, 0.717) is 0 Å². The maximum Gasteiger partial charge on any atom is 0.141 e. The van der Waals surface area contributed by atoms with Crippen LogP contribution in [-0.2, 0) is 7.05 Å². The summed E-state index contributed by atoms with van der Waals surface area (Å²) in [5.41, 5.74) is 1.75. The number of aromatic nitrogens is 3. The summed E-state index contributed by atoms with van der Waals surface area (Å²) in [6.45, 7) is 0. The lowest BCUT2D eigenvalue weighted by atomic mass is 10.1. The van der Waals surface area contributed by atoms with Crippen molar-refractivity contribution in [3.05, 3.63) is 48.1 Å². The number of hydrogen-bond donors (Lipinski definition) is 1. The van der Waals surface area contributed by atoms with Gasteiger partial charge in [0, 0.05) is 13.2 Å². The number of aryl methyl sites for hydroxylation is 1. The van der Waals surface area contributed by atoms with Crippen LogP contribution in [0.4, 0.5) is 4.39 Å². The summed E-state index contributed by atoms with van der Waals surface area (Å²) in [6, 6.07) is 1.37. The summed E-state index contributed by atoms with van der Waals surface area (Å²) in [4.78, 5) is 7.90. The highest BCUT2D eigenvalue weighted by atomic mass is 19.1. The van der Waals surface area contributed by atoms with Crippen molar-refractivity contribution in [2.75, 3.05) is 7.05 Å². The van der Waals surface area contributed by atoms with Gasteiger partial charge in [0.25, 0.3) is 0 Å². The van der Waals surface area contributed by atoms with Gasteiger partial charge in [0.1, 0.15) is 5.82 Å². The van der Waals surface area contributed by atoms with Crippen molar-refractivity contribution in [3.63, 3.8) is 0 Å². The lowest BCUT2D eigenvalue weighted by Crippen LogP contribution is -2.20. The predicted octanol–water partition coefficient (Wildman–Crippen LogP) is 1.26. The topological polar surface area (TPSA) is 42.7 Å². The molecule has 0 aliphatic rings. The van der Waals surface area contributed by atoms with E-state index < -0.39 is 0 Å². The van der Waals surface area contributed by atoms with E-state index in [9.17, 15) is 4.39 Å². The number of hydrogen-bond acceptors (Lipinski definition) is 3. The van der Waals surface area contributed by atoms with Gasteiger partial charge in [-0.3, -0.25) is 4.98 Å². The maximum atomic E-state index is 13.1. The van der Waals surface area contributed by atoms with E-state index in [2.05, 4.69) is 15.3 Å². The number of rotatable bonds is 3. The monoisotopic (exact) mass is 220 g/mol. The Labute approximate surface area is 93.2 Å². The number of nitrogens with one attached hydrogen (secondary N) is 1. The molecule has 1 unspecified atom stereocenters. The smallest absolute Gasteiger partial charge is 0.141 e. The van der Waals surface area contributed by atoms with Gasteiger partial charge in [-0.05, 0) is 18.7 Å². The highest BCUT2D eigenvalue weighted by Crippen LogP contribution is 2.20. The van der Waals surface area contributed by atoms with Crippen LogP contribution >= 0.6 is 0 Å². The fourth-order valence-electron chi connectivity index (χ4n) is 1.72. The molecule has 0 aliphatic heterocycles. The zero-order chi connectivity index (χ0) is 11.5.